The lowest BCUT2D eigenvalue weighted by molar-refractivity contribution is -0.143. The summed E-state index contributed by atoms with van der Waals surface area (Å²) in [6.45, 7) is 5.68. The molecule has 1 aromatic rings. The van der Waals surface area contributed by atoms with E-state index in [-0.39, 0.29) is 12.0 Å². The van der Waals surface area contributed by atoms with Gasteiger partial charge in [0.25, 0.3) is 5.91 Å². The van der Waals surface area contributed by atoms with E-state index < -0.39 is 0 Å². The number of piperazine rings is 1. The molecule has 0 radical (unpaired) electrons. The number of nitrogens with one attached hydrogen (secondary N) is 1. The SMILES string of the molecule is CC(OCc1cccs1)C(=O)N1CCNCC1. The van der Waals surface area contributed by atoms with Crippen LogP contribution in [-0.2, 0) is 16.1 Å². The number of thiophene rings is 1. The van der Waals surface area contributed by atoms with Gasteiger partial charge in [0, 0.05) is 31.1 Å². The summed E-state index contributed by atoms with van der Waals surface area (Å²) in [5, 5.41) is 5.25. The first-order valence-corrected chi connectivity index (χ1v) is 6.79. The summed E-state index contributed by atoms with van der Waals surface area (Å²) in [7, 11) is 0. The zero-order valence-electron chi connectivity index (χ0n) is 10.0. The Labute approximate surface area is 106 Å². The fourth-order valence-electron chi connectivity index (χ4n) is 1.82. The van der Waals surface area contributed by atoms with E-state index in [1.807, 2.05) is 29.3 Å². The van der Waals surface area contributed by atoms with E-state index in [0.717, 1.165) is 31.1 Å². The summed E-state index contributed by atoms with van der Waals surface area (Å²) < 4.78 is 5.60. The molecule has 1 aromatic heterocycles. The van der Waals surface area contributed by atoms with Crippen LogP contribution in [0.3, 0.4) is 0 Å². The molecule has 2 heterocycles. The summed E-state index contributed by atoms with van der Waals surface area (Å²) in [5.41, 5.74) is 0. The molecular formula is C12H18N2O2S. The van der Waals surface area contributed by atoms with Gasteiger partial charge in [0.1, 0.15) is 6.10 Å². The molecule has 2 rings (SSSR count). The van der Waals surface area contributed by atoms with E-state index in [1.165, 1.54) is 0 Å². The van der Waals surface area contributed by atoms with Crippen molar-refractivity contribution in [2.24, 2.45) is 0 Å². The predicted molar refractivity (Wildman–Crippen MR) is 68.0 cm³/mol. The molecule has 1 saturated heterocycles. The van der Waals surface area contributed by atoms with Gasteiger partial charge in [-0.25, -0.2) is 0 Å². The van der Waals surface area contributed by atoms with Crippen molar-refractivity contribution >= 4 is 17.2 Å². The van der Waals surface area contributed by atoms with Gasteiger partial charge in [-0.3, -0.25) is 4.79 Å². The number of hydrogen-bond donors (Lipinski definition) is 1. The number of nitrogens with zero attached hydrogens (tertiary/aromatic N) is 1. The molecule has 1 unspecified atom stereocenters. The van der Waals surface area contributed by atoms with Gasteiger partial charge in [-0.2, -0.15) is 0 Å². The van der Waals surface area contributed by atoms with Crippen molar-refractivity contribution < 1.29 is 9.53 Å². The largest absolute Gasteiger partial charge is 0.363 e. The number of hydrogen-bond acceptors (Lipinski definition) is 4. The molecule has 5 heteroatoms. The summed E-state index contributed by atoms with van der Waals surface area (Å²) >= 11 is 1.65. The molecule has 0 saturated carbocycles. The molecule has 1 N–H and O–H groups in total. The molecule has 1 fully saturated rings. The third kappa shape index (κ3) is 3.52. The zero-order valence-corrected chi connectivity index (χ0v) is 10.8. The van der Waals surface area contributed by atoms with Crippen LogP contribution in [0, 0.1) is 0 Å². The normalized spacial score (nSPS) is 18.1. The highest BCUT2D eigenvalue weighted by atomic mass is 32.1. The van der Waals surface area contributed by atoms with E-state index in [9.17, 15) is 4.79 Å². The van der Waals surface area contributed by atoms with Crippen LogP contribution in [0.2, 0.25) is 0 Å². The van der Waals surface area contributed by atoms with Gasteiger partial charge >= 0.3 is 0 Å². The lowest BCUT2D eigenvalue weighted by atomic mass is 10.3. The summed E-state index contributed by atoms with van der Waals surface area (Å²) in [4.78, 5) is 15.1. The first-order valence-electron chi connectivity index (χ1n) is 5.91. The molecule has 4 nitrogen and oxygen atoms in total. The van der Waals surface area contributed by atoms with Crippen molar-refractivity contribution in [3.05, 3.63) is 22.4 Å². The van der Waals surface area contributed by atoms with Gasteiger partial charge < -0.3 is 15.0 Å². The van der Waals surface area contributed by atoms with Gasteiger partial charge in [-0.15, -0.1) is 11.3 Å². The number of rotatable bonds is 4. The van der Waals surface area contributed by atoms with Gasteiger partial charge in [0.15, 0.2) is 0 Å². The molecule has 0 spiro atoms. The topological polar surface area (TPSA) is 41.6 Å². The highest BCUT2D eigenvalue weighted by Crippen LogP contribution is 2.11. The predicted octanol–water partition coefficient (Wildman–Crippen LogP) is 1.08. The van der Waals surface area contributed by atoms with E-state index in [2.05, 4.69) is 5.32 Å². The first kappa shape index (κ1) is 12.5. The van der Waals surface area contributed by atoms with Gasteiger partial charge in [-0.05, 0) is 18.4 Å². The smallest absolute Gasteiger partial charge is 0.251 e. The van der Waals surface area contributed by atoms with Gasteiger partial charge in [0.2, 0.25) is 0 Å². The second-order valence-corrected chi connectivity index (χ2v) is 5.14. The van der Waals surface area contributed by atoms with Crippen molar-refractivity contribution in [1.82, 2.24) is 10.2 Å². The molecule has 1 aliphatic rings. The monoisotopic (exact) mass is 254 g/mol. The van der Waals surface area contributed by atoms with Crippen molar-refractivity contribution in [2.75, 3.05) is 26.2 Å². The standard InChI is InChI=1S/C12H18N2O2S/c1-10(16-9-11-3-2-8-17-11)12(15)14-6-4-13-5-7-14/h2-3,8,10,13H,4-7,9H2,1H3. The minimum absolute atomic E-state index is 0.100. The molecular weight excluding hydrogens is 236 g/mol. The second kappa shape index (κ2) is 6.14. The fourth-order valence-corrected chi connectivity index (χ4v) is 2.44. The maximum absolute atomic E-state index is 12.0. The first-order chi connectivity index (χ1) is 8.27. The third-order valence-corrected chi connectivity index (χ3v) is 3.68. The minimum Gasteiger partial charge on any atom is -0.363 e. The molecule has 0 aromatic carbocycles. The van der Waals surface area contributed by atoms with E-state index >= 15 is 0 Å². The fraction of sp³-hybridized carbons (Fsp3) is 0.583. The molecule has 0 aliphatic carbocycles. The van der Waals surface area contributed by atoms with Crippen LogP contribution in [0.1, 0.15) is 11.8 Å². The zero-order chi connectivity index (χ0) is 12.1. The van der Waals surface area contributed by atoms with Crippen LogP contribution < -0.4 is 5.32 Å². The lowest BCUT2D eigenvalue weighted by Crippen LogP contribution is -2.49. The number of amides is 1. The molecule has 1 atom stereocenters. The van der Waals surface area contributed by atoms with E-state index in [1.54, 1.807) is 11.3 Å². The summed E-state index contributed by atoms with van der Waals surface area (Å²) in [5.74, 6) is 0.100. The van der Waals surface area contributed by atoms with Gasteiger partial charge in [0.05, 0.1) is 6.61 Å². The minimum atomic E-state index is -0.352. The number of carbonyl (C=O) groups excluding carboxylic acids is 1. The van der Waals surface area contributed by atoms with Crippen molar-refractivity contribution in [3.8, 4) is 0 Å². The maximum Gasteiger partial charge on any atom is 0.251 e. The van der Waals surface area contributed by atoms with Crippen molar-refractivity contribution in [1.29, 1.82) is 0 Å². The Morgan fingerprint density at radius 3 is 3.00 bits per heavy atom. The molecule has 94 valence electrons. The van der Waals surface area contributed by atoms with Crippen LogP contribution in [-0.4, -0.2) is 43.1 Å². The highest BCUT2D eigenvalue weighted by Gasteiger charge is 2.22. The summed E-state index contributed by atoms with van der Waals surface area (Å²) in [6, 6.07) is 4.01. The molecule has 0 bridgehead atoms. The Kier molecular flexibility index (Phi) is 4.53. The van der Waals surface area contributed by atoms with Crippen LogP contribution in [0.5, 0.6) is 0 Å². The van der Waals surface area contributed by atoms with Gasteiger partial charge in [-0.1, -0.05) is 6.07 Å². The average molecular weight is 254 g/mol. The highest BCUT2D eigenvalue weighted by molar-refractivity contribution is 7.09. The molecule has 1 amide bonds. The van der Waals surface area contributed by atoms with E-state index in [0.29, 0.717) is 6.61 Å². The Hall–Kier alpha value is -0.910. The van der Waals surface area contributed by atoms with Crippen LogP contribution in [0.25, 0.3) is 0 Å². The van der Waals surface area contributed by atoms with Crippen LogP contribution >= 0.6 is 11.3 Å². The lowest BCUT2D eigenvalue weighted by Gasteiger charge is -2.29. The Bertz CT molecular complexity index is 347. The van der Waals surface area contributed by atoms with Crippen molar-refractivity contribution in [3.63, 3.8) is 0 Å². The average Bonchev–Trinajstić information content (AvgIpc) is 2.89. The van der Waals surface area contributed by atoms with Crippen LogP contribution in [0.15, 0.2) is 17.5 Å². The Balaban J connectivity index is 1.78. The third-order valence-electron chi connectivity index (χ3n) is 2.83. The van der Waals surface area contributed by atoms with Crippen LogP contribution in [0.4, 0.5) is 0 Å². The van der Waals surface area contributed by atoms with Crippen molar-refractivity contribution in [2.45, 2.75) is 19.6 Å². The summed E-state index contributed by atoms with van der Waals surface area (Å²) in [6.07, 6.45) is -0.352. The number of carbonyl (C=O) groups is 1. The maximum atomic E-state index is 12.0. The molecule has 1 aliphatic heterocycles. The molecule has 17 heavy (non-hydrogen) atoms. The van der Waals surface area contributed by atoms with E-state index in [4.69, 9.17) is 4.74 Å². The number of ether oxygens (including phenoxy) is 1. The second-order valence-electron chi connectivity index (χ2n) is 4.11. The Morgan fingerprint density at radius 2 is 2.35 bits per heavy atom. The Morgan fingerprint density at radius 1 is 1.59 bits per heavy atom. The quantitative estimate of drug-likeness (QED) is 0.874.